The number of carbonyl (C=O) groups is 2. The Labute approximate surface area is 98.4 Å². The van der Waals surface area contributed by atoms with Gasteiger partial charge in [-0.15, -0.1) is 0 Å². The summed E-state index contributed by atoms with van der Waals surface area (Å²) in [4.78, 5) is 21.2. The molecule has 0 aromatic heterocycles. The van der Waals surface area contributed by atoms with Crippen LogP contribution in [0.4, 0.5) is 13.2 Å². The van der Waals surface area contributed by atoms with Gasteiger partial charge in [0.1, 0.15) is 11.6 Å². The number of aldehydes is 1. The van der Waals surface area contributed by atoms with Crippen LogP contribution in [0.5, 0.6) is 5.75 Å². The molecule has 0 bridgehead atoms. The van der Waals surface area contributed by atoms with E-state index in [-0.39, 0.29) is 6.29 Å². The van der Waals surface area contributed by atoms with Crippen molar-refractivity contribution in [2.45, 2.75) is 12.7 Å². The molecule has 0 heterocycles. The highest BCUT2D eigenvalue weighted by Crippen LogP contribution is 2.31. The minimum Gasteiger partial charge on any atom is -0.479 e. The Hall–Kier alpha value is -2.09. The van der Waals surface area contributed by atoms with Crippen molar-refractivity contribution in [2.75, 3.05) is 0 Å². The predicted octanol–water partition coefficient (Wildman–Crippen LogP) is 1.36. The van der Waals surface area contributed by atoms with Crippen molar-refractivity contribution in [3.05, 3.63) is 29.1 Å². The van der Waals surface area contributed by atoms with E-state index in [0.29, 0.717) is 12.1 Å². The van der Waals surface area contributed by atoms with E-state index in [1.165, 1.54) is 0 Å². The third kappa shape index (κ3) is 2.98. The molecule has 1 aromatic carbocycles. The predicted molar refractivity (Wildman–Crippen MR) is 51.0 cm³/mol. The van der Waals surface area contributed by atoms with Crippen LogP contribution < -0.4 is 4.74 Å². The number of benzene rings is 1. The molecule has 1 atom stereocenters. The molecule has 0 saturated carbocycles. The van der Waals surface area contributed by atoms with E-state index in [4.69, 9.17) is 5.11 Å². The lowest BCUT2D eigenvalue weighted by Gasteiger charge is -2.15. The molecule has 2 N–H and O–H groups in total. The number of ether oxygens (including phenoxy) is 1. The highest BCUT2D eigenvalue weighted by Gasteiger charge is 2.26. The first kappa shape index (κ1) is 14.0. The molecule has 1 unspecified atom stereocenters. The molecule has 1 rings (SSSR count). The van der Waals surface area contributed by atoms with Gasteiger partial charge in [-0.05, 0) is 6.07 Å². The number of carboxylic acids is 1. The van der Waals surface area contributed by atoms with Crippen molar-refractivity contribution >= 4 is 12.3 Å². The lowest BCUT2D eigenvalue weighted by Crippen LogP contribution is -2.16. The van der Waals surface area contributed by atoms with Gasteiger partial charge in [0.25, 0.3) is 0 Å². The Morgan fingerprint density at radius 1 is 1.39 bits per heavy atom. The summed E-state index contributed by atoms with van der Waals surface area (Å²) >= 11 is 0. The summed E-state index contributed by atoms with van der Waals surface area (Å²) in [6, 6.07) is 1.06. The van der Waals surface area contributed by atoms with Crippen LogP contribution in [0.15, 0.2) is 12.1 Å². The Bertz CT molecular complexity index is 475. The highest BCUT2D eigenvalue weighted by atomic mass is 19.3. The molecule has 0 aliphatic heterocycles. The Kier molecular flexibility index (Phi) is 4.27. The molecule has 98 valence electrons. The average molecular weight is 264 g/mol. The first-order valence-corrected chi connectivity index (χ1v) is 4.51. The second-order valence-corrected chi connectivity index (χ2v) is 3.14. The van der Waals surface area contributed by atoms with Crippen LogP contribution in [0.2, 0.25) is 0 Å². The first-order chi connectivity index (χ1) is 8.36. The van der Waals surface area contributed by atoms with Crippen LogP contribution >= 0.6 is 0 Å². The molecule has 18 heavy (non-hydrogen) atoms. The molecule has 0 spiro atoms. The summed E-state index contributed by atoms with van der Waals surface area (Å²) < 4.78 is 41.0. The number of carboxylic acid groups (broad SMARTS) is 1. The molecule has 0 saturated heterocycles. The second-order valence-electron chi connectivity index (χ2n) is 3.14. The van der Waals surface area contributed by atoms with E-state index in [2.05, 4.69) is 4.74 Å². The minimum absolute atomic E-state index is 0.0307. The lowest BCUT2D eigenvalue weighted by molar-refractivity contribution is -0.147. The summed E-state index contributed by atoms with van der Waals surface area (Å²) in [7, 11) is 0. The van der Waals surface area contributed by atoms with Gasteiger partial charge < -0.3 is 14.9 Å². The van der Waals surface area contributed by atoms with Gasteiger partial charge in [0.05, 0.1) is 0 Å². The summed E-state index contributed by atoms with van der Waals surface area (Å²) in [6.45, 7) is -3.36. The summed E-state index contributed by atoms with van der Waals surface area (Å²) in [6.07, 6.45) is -2.25. The van der Waals surface area contributed by atoms with Crippen molar-refractivity contribution in [3.63, 3.8) is 0 Å². The number of hydrogen-bond acceptors (Lipinski definition) is 4. The fraction of sp³-hybridized carbons (Fsp3) is 0.200. The summed E-state index contributed by atoms with van der Waals surface area (Å²) in [5, 5.41) is 17.9. The maximum absolute atomic E-state index is 13.0. The zero-order chi connectivity index (χ0) is 13.9. The molecule has 5 nitrogen and oxygen atoms in total. The van der Waals surface area contributed by atoms with E-state index in [1.807, 2.05) is 0 Å². The van der Waals surface area contributed by atoms with Gasteiger partial charge in [0.15, 0.2) is 12.4 Å². The fourth-order valence-electron chi connectivity index (χ4n) is 1.32. The standard InChI is InChI=1S/C10H7F3O5/c11-5-1-4(3-14)7(8(15)9(16)17)6(2-5)18-10(12)13/h1-3,8,10,15H,(H,16,17). The Morgan fingerprint density at radius 2 is 2.00 bits per heavy atom. The molecule has 0 amide bonds. The van der Waals surface area contributed by atoms with Gasteiger partial charge in [0, 0.05) is 17.2 Å². The van der Waals surface area contributed by atoms with Gasteiger partial charge in [-0.25, -0.2) is 9.18 Å². The molecule has 8 heteroatoms. The van der Waals surface area contributed by atoms with Crippen molar-refractivity contribution in [1.29, 1.82) is 0 Å². The number of carbonyl (C=O) groups excluding carboxylic acids is 1. The van der Waals surface area contributed by atoms with Crippen LogP contribution in [0.1, 0.15) is 22.0 Å². The van der Waals surface area contributed by atoms with Gasteiger partial charge in [-0.3, -0.25) is 4.79 Å². The topological polar surface area (TPSA) is 83.8 Å². The van der Waals surface area contributed by atoms with E-state index < -0.39 is 41.4 Å². The van der Waals surface area contributed by atoms with Crippen LogP contribution in [-0.2, 0) is 4.79 Å². The van der Waals surface area contributed by atoms with Gasteiger partial charge >= 0.3 is 12.6 Å². The zero-order valence-corrected chi connectivity index (χ0v) is 8.64. The maximum Gasteiger partial charge on any atom is 0.387 e. The largest absolute Gasteiger partial charge is 0.479 e. The number of aliphatic carboxylic acids is 1. The smallest absolute Gasteiger partial charge is 0.387 e. The van der Waals surface area contributed by atoms with Crippen LogP contribution in [-0.4, -0.2) is 29.1 Å². The lowest BCUT2D eigenvalue weighted by atomic mass is 10.0. The Morgan fingerprint density at radius 3 is 2.44 bits per heavy atom. The van der Waals surface area contributed by atoms with Crippen molar-refractivity contribution in [2.24, 2.45) is 0 Å². The molecular formula is C10H7F3O5. The summed E-state index contributed by atoms with van der Waals surface area (Å²) in [5.41, 5.74) is -1.31. The maximum atomic E-state index is 13.0. The van der Waals surface area contributed by atoms with Crippen molar-refractivity contribution < 1.29 is 37.7 Å². The first-order valence-electron chi connectivity index (χ1n) is 4.51. The SMILES string of the molecule is O=Cc1cc(F)cc(OC(F)F)c1C(O)C(=O)O. The van der Waals surface area contributed by atoms with E-state index >= 15 is 0 Å². The van der Waals surface area contributed by atoms with Gasteiger partial charge in [0.2, 0.25) is 0 Å². The average Bonchev–Trinajstić information content (AvgIpc) is 2.26. The molecular weight excluding hydrogens is 257 g/mol. The second kappa shape index (κ2) is 5.50. The van der Waals surface area contributed by atoms with Gasteiger partial charge in [-0.1, -0.05) is 0 Å². The number of hydrogen-bond donors (Lipinski definition) is 2. The zero-order valence-electron chi connectivity index (χ0n) is 8.64. The molecule has 0 aliphatic rings. The van der Waals surface area contributed by atoms with E-state index in [1.54, 1.807) is 0 Å². The Balaban J connectivity index is 3.41. The third-order valence-electron chi connectivity index (χ3n) is 1.99. The van der Waals surface area contributed by atoms with E-state index in [0.717, 1.165) is 0 Å². The number of alkyl halides is 2. The highest BCUT2D eigenvalue weighted by molar-refractivity contribution is 5.84. The molecule has 0 aliphatic carbocycles. The summed E-state index contributed by atoms with van der Waals surface area (Å²) in [5.74, 6) is -3.76. The minimum atomic E-state index is -3.36. The van der Waals surface area contributed by atoms with Crippen LogP contribution in [0.25, 0.3) is 0 Å². The number of halogens is 3. The number of aliphatic hydroxyl groups is 1. The fourth-order valence-corrected chi connectivity index (χ4v) is 1.32. The molecule has 0 radical (unpaired) electrons. The molecule has 1 aromatic rings. The van der Waals surface area contributed by atoms with Crippen LogP contribution in [0, 0.1) is 5.82 Å². The normalized spacial score (nSPS) is 12.3. The quantitative estimate of drug-likeness (QED) is 0.784. The molecule has 0 fully saturated rings. The number of rotatable bonds is 5. The van der Waals surface area contributed by atoms with Gasteiger partial charge in [-0.2, -0.15) is 8.78 Å². The van der Waals surface area contributed by atoms with E-state index in [9.17, 15) is 27.9 Å². The third-order valence-corrected chi connectivity index (χ3v) is 1.99. The monoisotopic (exact) mass is 264 g/mol. The van der Waals surface area contributed by atoms with Crippen LogP contribution in [0.3, 0.4) is 0 Å². The van der Waals surface area contributed by atoms with Crippen molar-refractivity contribution in [1.82, 2.24) is 0 Å². The number of aliphatic hydroxyl groups excluding tert-OH is 1. The van der Waals surface area contributed by atoms with Crippen molar-refractivity contribution in [3.8, 4) is 5.75 Å².